The first-order chi connectivity index (χ1) is 8.18. The van der Waals surface area contributed by atoms with Gasteiger partial charge in [0.05, 0.1) is 5.38 Å². The summed E-state index contributed by atoms with van der Waals surface area (Å²) in [4.78, 5) is 4.18. The van der Waals surface area contributed by atoms with Gasteiger partial charge >= 0.3 is 0 Å². The highest BCUT2D eigenvalue weighted by atomic mass is 79.9. The smallest absolute Gasteiger partial charge is 0.129 e. The molecule has 0 amide bonds. The van der Waals surface area contributed by atoms with Crippen LogP contribution in [-0.4, -0.2) is 4.98 Å². The molecule has 2 rings (SSSR count). The fourth-order valence-electron chi connectivity index (χ4n) is 1.61. The minimum atomic E-state index is -0.430. The van der Waals surface area contributed by atoms with Crippen LogP contribution in [0.3, 0.4) is 0 Å². The van der Waals surface area contributed by atoms with Gasteiger partial charge in [0.15, 0.2) is 0 Å². The summed E-state index contributed by atoms with van der Waals surface area (Å²) >= 11 is 9.56. The number of rotatable bonds is 3. The first-order valence-corrected chi connectivity index (χ1v) is 6.39. The summed E-state index contributed by atoms with van der Waals surface area (Å²) in [5.41, 5.74) is 1.34. The lowest BCUT2D eigenvalue weighted by Crippen LogP contribution is -2.01. The minimum absolute atomic E-state index is 0.296. The van der Waals surface area contributed by atoms with Crippen LogP contribution in [0.5, 0.6) is 0 Å². The van der Waals surface area contributed by atoms with Crippen molar-refractivity contribution in [3.8, 4) is 0 Å². The summed E-state index contributed by atoms with van der Waals surface area (Å²) in [7, 11) is 0. The molecule has 0 saturated heterocycles. The van der Waals surface area contributed by atoms with E-state index in [1.807, 2.05) is 18.2 Å². The fraction of sp³-hybridized carbons (Fsp3) is 0.154. The first-order valence-electron chi connectivity index (χ1n) is 5.16. The van der Waals surface area contributed by atoms with E-state index in [-0.39, 0.29) is 5.82 Å². The van der Waals surface area contributed by atoms with E-state index in [2.05, 4.69) is 20.9 Å². The van der Waals surface area contributed by atoms with Crippen LogP contribution >= 0.6 is 27.5 Å². The molecule has 2 aromatic rings. The normalized spacial score (nSPS) is 12.4. The minimum Gasteiger partial charge on any atom is -0.261 e. The third-order valence-electron chi connectivity index (χ3n) is 2.43. The maximum Gasteiger partial charge on any atom is 0.129 e. The van der Waals surface area contributed by atoms with Crippen LogP contribution in [-0.2, 0) is 6.42 Å². The molecular weight excluding hydrogens is 305 g/mol. The zero-order valence-electron chi connectivity index (χ0n) is 8.91. The van der Waals surface area contributed by atoms with Crippen molar-refractivity contribution in [1.82, 2.24) is 4.98 Å². The van der Waals surface area contributed by atoms with Crippen LogP contribution in [0.4, 0.5) is 4.39 Å². The van der Waals surface area contributed by atoms with Gasteiger partial charge in [-0.15, -0.1) is 11.6 Å². The van der Waals surface area contributed by atoms with Crippen molar-refractivity contribution in [3.05, 3.63) is 64.1 Å². The predicted molar refractivity (Wildman–Crippen MR) is 70.6 cm³/mol. The number of hydrogen-bond acceptors (Lipinski definition) is 1. The Hall–Kier alpha value is -0.930. The summed E-state index contributed by atoms with van der Waals surface area (Å²) in [6.45, 7) is 0. The number of halogens is 3. The highest BCUT2D eigenvalue weighted by Crippen LogP contribution is 2.32. The molecule has 17 heavy (non-hydrogen) atoms. The molecule has 1 unspecified atom stereocenters. The maximum absolute atomic E-state index is 13.7. The van der Waals surface area contributed by atoms with Gasteiger partial charge < -0.3 is 0 Å². The highest BCUT2D eigenvalue weighted by Gasteiger charge is 2.17. The van der Waals surface area contributed by atoms with Gasteiger partial charge in [-0.3, -0.25) is 4.98 Å². The third kappa shape index (κ3) is 3.05. The lowest BCUT2D eigenvalue weighted by Gasteiger charge is -2.12. The second kappa shape index (κ2) is 5.61. The number of benzene rings is 1. The standard InChI is InChI=1S/C13H10BrClFN/c14-10-5-3-6-12(16)13(10)11(15)8-9-4-1-2-7-17-9/h1-7,11H,8H2. The van der Waals surface area contributed by atoms with E-state index in [0.29, 0.717) is 16.5 Å². The van der Waals surface area contributed by atoms with E-state index < -0.39 is 5.38 Å². The summed E-state index contributed by atoms with van der Waals surface area (Å²) in [5, 5.41) is -0.430. The molecule has 4 heteroatoms. The molecule has 0 spiro atoms. The van der Waals surface area contributed by atoms with Crippen molar-refractivity contribution in [2.75, 3.05) is 0 Å². The molecule has 0 fully saturated rings. The van der Waals surface area contributed by atoms with E-state index in [9.17, 15) is 4.39 Å². The van der Waals surface area contributed by atoms with E-state index in [0.717, 1.165) is 5.69 Å². The number of aromatic nitrogens is 1. The van der Waals surface area contributed by atoms with E-state index >= 15 is 0 Å². The Morgan fingerprint density at radius 1 is 1.24 bits per heavy atom. The molecule has 0 N–H and O–H groups in total. The molecule has 0 saturated carbocycles. The zero-order valence-corrected chi connectivity index (χ0v) is 11.2. The van der Waals surface area contributed by atoms with Crippen LogP contribution in [0.15, 0.2) is 47.1 Å². The van der Waals surface area contributed by atoms with Gasteiger partial charge in [-0.2, -0.15) is 0 Å². The van der Waals surface area contributed by atoms with Crippen molar-refractivity contribution >= 4 is 27.5 Å². The van der Waals surface area contributed by atoms with E-state index in [1.165, 1.54) is 6.07 Å². The van der Waals surface area contributed by atoms with Crippen LogP contribution in [0.1, 0.15) is 16.6 Å². The monoisotopic (exact) mass is 313 g/mol. The Balaban J connectivity index is 2.23. The van der Waals surface area contributed by atoms with Crippen LogP contribution < -0.4 is 0 Å². The molecule has 1 heterocycles. The average Bonchev–Trinajstić information content (AvgIpc) is 2.30. The van der Waals surface area contributed by atoms with Crippen molar-refractivity contribution in [1.29, 1.82) is 0 Å². The summed E-state index contributed by atoms with van der Waals surface area (Å²) < 4.78 is 14.4. The molecule has 0 aliphatic rings. The van der Waals surface area contributed by atoms with Gasteiger partial charge in [-0.1, -0.05) is 28.1 Å². The zero-order chi connectivity index (χ0) is 12.3. The molecule has 1 aromatic carbocycles. The first kappa shape index (κ1) is 12.5. The third-order valence-corrected chi connectivity index (χ3v) is 3.49. The van der Waals surface area contributed by atoms with Gasteiger partial charge in [0.2, 0.25) is 0 Å². The molecule has 1 nitrogen and oxygen atoms in total. The van der Waals surface area contributed by atoms with Gasteiger partial charge in [-0.05, 0) is 24.3 Å². The number of hydrogen-bond donors (Lipinski definition) is 0. The maximum atomic E-state index is 13.7. The number of alkyl halides is 1. The van der Waals surface area contributed by atoms with Gasteiger partial charge in [0.25, 0.3) is 0 Å². The van der Waals surface area contributed by atoms with Crippen molar-refractivity contribution < 1.29 is 4.39 Å². The van der Waals surface area contributed by atoms with Gasteiger partial charge in [0, 0.05) is 28.3 Å². The van der Waals surface area contributed by atoms with Crippen molar-refractivity contribution in [2.45, 2.75) is 11.8 Å². The van der Waals surface area contributed by atoms with Gasteiger partial charge in [0.1, 0.15) is 5.82 Å². The molecule has 0 bridgehead atoms. The largest absolute Gasteiger partial charge is 0.261 e. The average molecular weight is 315 g/mol. The second-order valence-corrected chi connectivity index (χ2v) is 5.01. The van der Waals surface area contributed by atoms with E-state index in [1.54, 1.807) is 18.3 Å². The second-order valence-electron chi connectivity index (χ2n) is 3.63. The Morgan fingerprint density at radius 3 is 2.71 bits per heavy atom. The number of nitrogens with zero attached hydrogens (tertiary/aromatic N) is 1. The summed E-state index contributed by atoms with van der Waals surface area (Å²) in [5.74, 6) is -0.296. The van der Waals surface area contributed by atoms with Crippen molar-refractivity contribution in [2.24, 2.45) is 0 Å². The Labute approximate surface area is 113 Å². The lowest BCUT2D eigenvalue weighted by molar-refractivity contribution is 0.603. The summed E-state index contributed by atoms with van der Waals surface area (Å²) in [6.07, 6.45) is 2.21. The highest BCUT2D eigenvalue weighted by molar-refractivity contribution is 9.10. The van der Waals surface area contributed by atoms with Crippen LogP contribution in [0.25, 0.3) is 0 Å². The molecule has 1 atom stereocenters. The SMILES string of the molecule is Fc1cccc(Br)c1C(Cl)Cc1ccccn1. The van der Waals surface area contributed by atoms with Crippen molar-refractivity contribution in [3.63, 3.8) is 0 Å². The summed E-state index contributed by atoms with van der Waals surface area (Å²) in [6, 6.07) is 10.5. The molecule has 88 valence electrons. The lowest BCUT2D eigenvalue weighted by atomic mass is 10.1. The fourth-order valence-corrected chi connectivity index (χ4v) is 2.74. The molecule has 1 aromatic heterocycles. The van der Waals surface area contributed by atoms with Gasteiger partial charge in [-0.25, -0.2) is 4.39 Å². The molecule has 0 radical (unpaired) electrons. The molecule has 0 aliphatic heterocycles. The number of pyridine rings is 1. The van der Waals surface area contributed by atoms with Crippen LogP contribution in [0, 0.1) is 5.82 Å². The quantitative estimate of drug-likeness (QED) is 0.760. The molecule has 0 aliphatic carbocycles. The topological polar surface area (TPSA) is 12.9 Å². The Bertz CT molecular complexity index is 484. The Kier molecular flexibility index (Phi) is 4.13. The Morgan fingerprint density at radius 2 is 2.06 bits per heavy atom. The van der Waals surface area contributed by atoms with E-state index in [4.69, 9.17) is 11.6 Å². The predicted octanol–water partition coefficient (Wildman–Crippen LogP) is 4.51. The molecular formula is C13H10BrClFN. The van der Waals surface area contributed by atoms with Crippen LogP contribution in [0.2, 0.25) is 0 Å².